The Morgan fingerprint density at radius 2 is 1.88 bits per heavy atom. The monoisotopic (exact) mass is 473 g/mol. The minimum absolute atomic E-state index is 0. The molecule has 5 nitrogen and oxygen atoms in total. The van der Waals surface area contributed by atoms with E-state index in [-0.39, 0.29) is 36.3 Å². The average Bonchev–Trinajstić information content (AvgIpc) is 3.04. The zero-order valence-electron chi connectivity index (χ0n) is 13.9. The molecule has 1 aromatic carbocycles. The summed E-state index contributed by atoms with van der Waals surface area (Å²) in [4.78, 5) is 6.56. The van der Waals surface area contributed by atoms with Gasteiger partial charge in [0.05, 0.1) is 12.6 Å². The number of ether oxygens (including phenoxy) is 1. The molecule has 1 fully saturated rings. The van der Waals surface area contributed by atoms with Gasteiger partial charge in [-0.2, -0.15) is 0 Å². The van der Waals surface area contributed by atoms with Gasteiger partial charge in [0, 0.05) is 19.6 Å². The van der Waals surface area contributed by atoms with Gasteiger partial charge in [0.15, 0.2) is 5.96 Å². The lowest BCUT2D eigenvalue weighted by atomic mass is 10.1. The first-order valence-corrected chi connectivity index (χ1v) is 7.96. The van der Waals surface area contributed by atoms with Crippen LogP contribution in [0.15, 0.2) is 29.3 Å². The number of aliphatic hydroxyl groups excluding tert-OH is 1. The van der Waals surface area contributed by atoms with Crippen LogP contribution >= 0.6 is 24.0 Å². The van der Waals surface area contributed by atoms with Crippen LogP contribution < -0.4 is 10.1 Å². The van der Waals surface area contributed by atoms with E-state index in [1.54, 1.807) is 0 Å². The number of aliphatic hydroxyl groups is 1. The number of likely N-dealkylation sites (tertiary alicyclic amines) is 1. The van der Waals surface area contributed by atoms with E-state index in [9.17, 15) is 18.3 Å². The van der Waals surface area contributed by atoms with Gasteiger partial charge in [-0.15, -0.1) is 37.1 Å². The lowest BCUT2D eigenvalue weighted by Gasteiger charge is -2.21. The number of nitrogens with one attached hydrogen (secondary N) is 1. The van der Waals surface area contributed by atoms with Gasteiger partial charge in [0.1, 0.15) is 5.75 Å². The summed E-state index contributed by atoms with van der Waals surface area (Å²) >= 11 is 0. The van der Waals surface area contributed by atoms with E-state index in [2.05, 4.69) is 19.9 Å². The van der Waals surface area contributed by atoms with Crippen LogP contribution in [-0.2, 0) is 0 Å². The Hall–Kier alpha value is -1.23. The van der Waals surface area contributed by atoms with E-state index >= 15 is 0 Å². The van der Waals surface area contributed by atoms with Crippen LogP contribution in [-0.4, -0.2) is 48.5 Å². The highest BCUT2D eigenvalue weighted by molar-refractivity contribution is 14.0. The van der Waals surface area contributed by atoms with E-state index in [1.807, 2.05) is 6.92 Å². The summed E-state index contributed by atoms with van der Waals surface area (Å²) < 4.78 is 40.2. The van der Waals surface area contributed by atoms with Crippen LogP contribution in [0.1, 0.15) is 31.4 Å². The number of aliphatic imine (C=N–C) groups is 1. The molecule has 0 saturated carbocycles. The second-order valence-electron chi connectivity index (χ2n) is 5.52. The van der Waals surface area contributed by atoms with Crippen LogP contribution in [0.2, 0.25) is 0 Å². The van der Waals surface area contributed by atoms with Gasteiger partial charge >= 0.3 is 6.36 Å². The molecule has 2 rings (SSSR count). The second kappa shape index (κ2) is 10.0. The standard InChI is InChI=1S/C16H22F3N3O2.HI/c1-2-20-15(22-9-3-4-10-22)21-11-14(23)12-5-7-13(8-6-12)24-16(17,18)19;/h5-8,14,23H,2-4,9-11H2,1H3,(H,20,21);1H. The van der Waals surface area contributed by atoms with Crippen LogP contribution in [0.4, 0.5) is 13.2 Å². The molecule has 0 amide bonds. The van der Waals surface area contributed by atoms with Crippen molar-refractivity contribution in [2.24, 2.45) is 4.99 Å². The number of benzene rings is 1. The van der Waals surface area contributed by atoms with E-state index < -0.39 is 12.5 Å². The van der Waals surface area contributed by atoms with E-state index in [0.29, 0.717) is 5.56 Å². The Morgan fingerprint density at radius 3 is 2.40 bits per heavy atom. The lowest BCUT2D eigenvalue weighted by molar-refractivity contribution is -0.274. The molecule has 0 aliphatic carbocycles. The molecular weight excluding hydrogens is 450 g/mol. The van der Waals surface area contributed by atoms with Gasteiger partial charge in [-0.1, -0.05) is 12.1 Å². The Balaban J connectivity index is 0.00000312. The van der Waals surface area contributed by atoms with Crippen molar-refractivity contribution in [3.05, 3.63) is 29.8 Å². The summed E-state index contributed by atoms with van der Waals surface area (Å²) in [5, 5.41) is 13.4. The molecule has 0 radical (unpaired) electrons. The number of hydrogen-bond donors (Lipinski definition) is 2. The van der Waals surface area contributed by atoms with Crippen molar-refractivity contribution in [3.8, 4) is 5.75 Å². The van der Waals surface area contributed by atoms with E-state index in [0.717, 1.165) is 38.4 Å². The normalized spacial score (nSPS) is 16.4. The Kier molecular flexibility index (Phi) is 8.77. The fourth-order valence-electron chi connectivity index (χ4n) is 2.52. The fraction of sp³-hybridized carbons (Fsp3) is 0.562. The first kappa shape index (κ1) is 21.8. The van der Waals surface area contributed by atoms with E-state index in [1.165, 1.54) is 24.3 Å². The van der Waals surface area contributed by atoms with Crippen molar-refractivity contribution in [2.45, 2.75) is 32.2 Å². The number of hydrogen-bond acceptors (Lipinski definition) is 3. The van der Waals surface area contributed by atoms with Gasteiger partial charge in [0.2, 0.25) is 0 Å². The van der Waals surface area contributed by atoms with Gasteiger partial charge < -0.3 is 20.1 Å². The Bertz CT molecular complexity index is 547. The second-order valence-corrected chi connectivity index (χ2v) is 5.52. The average molecular weight is 473 g/mol. The minimum atomic E-state index is -4.72. The molecule has 1 aliphatic heterocycles. The third kappa shape index (κ3) is 7.27. The molecule has 1 aromatic rings. The molecule has 1 unspecified atom stereocenters. The summed E-state index contributed by atoms with van der Waals surface area (Å²) in [6, 6.07) is 5.18. The fourth-order valence-corrected chi connectivity index (χ4v) is 2.52. The SMILES string of the molecule is CCNC(=NCC(O)c1ccc(OC(F)(F)F)cc1)N1CCCC1.I. The number of nitrogens with zero attached hydrogens (tertiary/aromatic N) is 2. The molecule has 0 aromatic heterocycles. The summed E-state index contributed by atoms with van der Waals surface area (Å²) in [5.41, 5.74) is 0.491. The van der Waals surface area contributed by atoms with Gasteiger partial charge in [-0.25, -0.2) is 0 Å². The van der Waals surface area contributed by atoms with Gasteiger partial charge in [-0.3, -0.25) is 4.99 Å². The quantitative estimate of drug-likeness (QED) is 0.392. The van der Waals surface area contributed by atoms with Crippen molar-refractivity contribution in [2.75, 3.05) is 26.2 Å². The molecule has 1 aliphatic rings. The molecule has 25 heavy (non-hydrogen) atoms. The summed E-state index contributed by atoms with van der Waals surface area (Å²) in [5.74, 6) is 0.443. The van der Waals surface area contributed by atoms with Crippen molar-refractivity contribution >= 4 is 29.9 Å². The molecule has 1 atom stereocenters. The molecule has 0 bridgehead atoms. The Morgan fingerprint density at radius 1 is 1.28 bits per heavy atom. The van der Waals surface area contributed by atoms with Crippen molar-refractivity contribution < 1.29 is 23.0 Å². The number of rotatable bonds is 5. The maximum atomic E-state index is 12.1. The molecule has 9 heteroatoms. The highest BCUT2D eigenvalue weighted by Gasteiger charge is 2.31. The van der Waals surface area contributed by atoms with Crippen LogP contribution in [0.25, 0.3) is 0 Å². The lowest BCUT2D eigenvalue weighted by Crippen LogP contribution is -2.39. The maximum absolute atomic E-state index is 12.1. The van der Waals surface area contributed by atoms with E-state index in [4.69, 9.17) is 0 Å². The van der Waals surface area contributed by atoms with Gasteiger partial charge in [-0.05, 0) is 37.5 Å². The zero-order valence-corrected chi connectivity index (χ0v) is 16.3. The van der Waals surface area contributed by atoms with Crippen LogP contribution in [0.5, 0.6) is 5.75 Å². The predicted molar refractivity (Wildman–Crippen MR) is 100 cm³/mol. The highest BCUT2D eigenvalue weighted by atomic mass is 127. The van der Waals surface area contributed by atoms with Crippen molar-refractivity contribution in [1.82, 2.24) is 10.2 Å². The summed E-state index contributed by atoms with van der Waals surface area (Å²) in [6.07, 6.45) is -3.37. The van der Waals surface area contributed by atoms with Crippen LogP contribution in [0.3, 0.4) is 0 Å². The third-order valence-electron chi connectivity index (χ3n) is 3.65. The van der Waals surface area contributed by atoms with Crippen molar-refractivity contribution in [1.29, 1.82) is 0 Å². The molecule has 2 N–H and O–H groups in total. The predicted octanol–water partition coefficient (Wildman–Crippen LogP) is 3.30. The first-order valence-electron chi connectivity index (χ1n) is 7.96. The van der Waals surface area contributed by atoms with Gasteiger partial charge in [0.25, 0.3) is 0 Å². The smallest absolute Gasteiger partial charge is 0.406 e. The maximum Gasteiger partial charge on any atom is 0.573 e. The topological polar surface area (TPSA) is 57.1 Å². The third-order valence-corrected chi connectivity index (χ3v) is 3.65. The summed E-state index contributed by atoms with van der Waals surface area (Å²) in [7, 11) is 0. The summed E-state index contributed by atoms with van der Waals surface area (Å²) in [6.45, 7) is 4.71. The molecule has 1 saturated heterocycles. The highest BCUT2D eigenvalue weighted by Crippen LogP contribution is 2.24. The molecule has 142 valence electrons. The number of guanidine groups is 1. The zero-order chi connectivity index (χ0) is 17.6. The molecular formula is C16H23F3IN3O2. The molecule has 1 heterocycles. The minimum Gasteiger partial charge on any atom is -0.406 e. The molecule has 0 spiro atoms. The van der Waals surface area contributed by atoms with Crippen LogP contribution in [0, 0.1) is 0 Å². The Labute approximate surface area is 162 Å². The first-order chi connectivity index (χ1) is 11.4. The number of alkyl halides is 3. The van der Waals surface area contributed by atoms with Crippen molar-refractivity contribution in [3.63, 3.8) is 0 Å². The number of halogens is 4. The largest absolute Gasteiger partial charge is 0.573 e.